The Morgan fingerprint density at radius 2 is 1.81 bits per heavy atom. The van der Waals surface area contributed by atoms with Crippen molar-refractivity contribution in [3.05, 3.63) is 95.1 Å². The summed E-state index contributed by atoms with van der Waals surface area (Å²) in [6.07, 6.45) is 6.63. The van der Waals surface area contributed by atoms with Gasteiger partial charge in [-0.3, -0.25) is 24.9 Å². The van der Waals surface area contributed by atoms with Crippen LogP contribution in [0.5, 0.6) is 0 Å². The molecule has 0 bridgehead atoms. The summed E-state index contributed by atoms with van der Waals surface area (Å²) >= 11 is 0. The van der Waals surface area contributed by atoms with Gasteiger partial charge >= 0.3 is 0 Å². The highest BCUT2D eigenvalue weighted by atomic mass is 16.5. The highest BCUT2D eigenvalue weighted by molar-refractivity contribution is 5.76. The van der Waals surface area contributed by atoms with E-state index < -0.39 is 5.91 Å². The minimum absolute atomic E-state index is 0.0527. The first-order valence-electron chi connectivity index (χ1n) is 11.0. The maximum atomic E-state index is 12.0. The number of nitrogens with one attached hydrogen (secondary N) is 2. The molecular formula is C25H29N5O2. The molecule has 1 aliphatic carbocycles. The quantitative estimate of drug-likeness (QED) is 0.356. The van der Waals surface area contributed by atoms with Crippen LogP contribution in [0.25, 0.3) is 0 Å². The molecule has 7 heteroatoms. The van der Waals surface area contributed by atoms with Gasteiger partial charge in [-0.05, 0) is 54.2 Å². The lowest BCUT2D eigenvalue weighted by Crippen LogP contribution is -2.39. The van der Waals surface area contributed by atoms with Gasteiger partial charge < -0.3 is 5.32 Å². The van der Waals surface area contributed by atoms with E-state index in [2.05, 4.69) is 50.5 Å². The van der Waals surface area contributed by atoms with Gasteiger partial charge in [0.15, 0.2) is 0 Å². The fraction of sp³-hybridized carbons (Fsp3) is 0.320. The number of pyridine rings is 2. The zero-order chi connectivity index (χ0) is 22.2. The van der Waals surface area contributed by atoms with Gasteiger partial charge in [0.25, 0.3) is 5.91 Å². The topological polar surface area (TPSA) is 90.4 Å². The Labute approximate surface area is 188 Å². The highest BCUT2D eigenvalue weighted by Crippen LogP contribution is 2.33. The van der Waals surface area contributed by atoms with Crippen molar-refractivity contribution < 1.29 is 10.0 Å². The lowest BCUT2D eigenvalue weighted by Gasteiger charge is -2.34. The second-order valence-electron chi connectivity index (χ2n) is 8.14. The monoisotopic (exact) mass is 431 g/mol. The Bertz CT molecular complexity index is 1010. The molecule has 1 amide bonds. The summed E-state index contributed by atoms with van der Waals surface area (Å²) < 4.78 is 0. The summed E-state index contributed by atoms with van der Waals surface area (Å²) in [5, 5.41) is 12.5. The fourth-order valence-corrected chi connectivity index (χ4v) is 4.27. The third-order valence-electron chi connectivity index (χ3n) is 5.85. The molecule has 1 unspecified atom stereocenters. The van der Waals surface area contributed by atoms with E-state index in [0.717, 1.165) is 49.3 Å². The summed E-state index contributed by atoms with van der Waals surface area (Å²) in [5.41, 5.74) is 7.38. The minimum atomic E-state index is -0.414. The maximum Gasteiger partial charge on any atom is 0.257 e. The van der Waals surface area contributed by atoms with Crippen LogP contribution in [0.1, 0.15) is 47.0 Å². The number of rotatable bonds is 9. The number of fused-ring (bicyclic) bond motifs is 1. The van der Waals surface area contributed by atoms with Crippen LogP contribution < -0.4 is 10.8 Å². The molecule has 1 atom stereocenters. The van der Waals surface area contributed by atoms with E-state index in [1.165, 1.54) is 11.1 Å². The molecule has 2 heterocycles. The minimum Gasteiger partial charge on any atom is -0.307 e. The zero-order valence-corrected chi connectivity index (χ0v) is 18.1. The van der Waals surface area contributed by atoms with Gasteiger partial charge in [-0.15, -0.1) is 0 Å². The van der Waals surface area contributed by atoms with Gasteiger partial charge in [0.05, 0.1) is 24.0 Å². The maximum absolute atomic E-state index is 12.0. The highest BCUT2D eigenvalue weighted by Gasteiger charge is 2.28. The SMILES string of the molecule is O=C(CN(Cc1ccc(CNCc2ccccn2)cc1)C1CCCc2cccnc21)NO. The molecule has 0 radical (unpaired) electrons. The molecular weight excluding hydrogens is 402 g/mol. The lowest BCUT2D eigenvalue weighted by molar-refractivity contribution is -0.131. The molecule has 7 nitrogen and oxygen atoms in total. The van der Waals surface area contributed by atoms with Crippen molar-refractivity contribution in [1.29, 1.82) is 0 Å². The van der Waals surface area contributed by atoms with Crippen LogP contribution >= 0.6 is 0 Å². The number of hydrogen-bond donors (Lipinski definition) is 3. The fourth-order valence-electron chi connectivity index (χ4n) is 4.27. The van der Waals surface area contributed by atoms with Crippen LogP contribution in [0.3, 0.4) is 0 Å². The summed E-state index contributed by atoms with van der Waals surface area (Å²) in [4.78, 5) is 23.1. The van der Waals surface area contributed by atoms with Crippen LogP contribution in [0, 0.1) is 0 Å². The number of aromatic nitrogens is 2. The van der Waals surface area contributed by atoms with E-state index in [9.17, 15) is 4.79 Å². The van der Waals surface area contributed by atoms with Crippen molar-refractivity contribution in [1.82, 2.24) is 25.7 Å². The first-order valence-corrected chi connectivity index (χ1v) is 11.0. The molecule has 0 saturated carbocycles. The molecule has 1 aliphatic rings. The number of amides is 1. The number of carbonyl (C=O) groups is 1. The Morgan fingerprint density at radius 3 is 2.59 bits per heavy atom. The van der Waals surface area contributed by atoms with Gasteiger partial charge in [-0.1, -0.05) is 36.4 Å². The van der Waals surface area contributed by atoms with E-state index in [0.29, 0.717) is 6.54 Å². The Kier molecular flexibility index (Phi) is 7.55. The van der Waals surface area contributed by atoms with Crippen molar-refractivity contribution in [3.8, 4) is 0 Å². The molecule has 4 rings (SSSR count). The van der Waals surface area contributed by atoms with Crippen LogP contribution in [-0.4, -0.2) is 32.5 Å². The molecule has 0 aliphatic heterocycles. The van der Waals surface area contributed by atoms with Crippen molar-refractivity contribution >= 4 is 5.91 Å². The molecule has 0 saturated heterocycles. The number of aryl methyl sites for hydroxylation is 1. The van der Waals surface area contributed by atoms with Crippen molar-refractivity contribution in [2.24, 2.45) is 0 Å². The largest absolute Gasteiger partial charge is 0.307 e. The molecule has 3 N–H and O–H groups in total. The summed E-state index contributed by atoms with van der Waals surface area (Å²) in [6.45, 7) is 2.20. The first kappa shape index (κ1) is 22.1. The molecule has 0 spiro atoms. The van der Waals surface area contributed by atoms with Crippen LogP contribution in [-0.2, 0) is 30.8 Å². The predicted octanol–water partition coefficient (Wildman–Crippen LogP) is 3.15. The van der Waals surface area contributed by atoms with Gasteiger partial charge in [0.2, 0.25) is 0 Å². The normalized spacial score (nSPS) is 15.4. The van der Waals surface area contributed by atoms with E-state index >= 15 is 0 Å². The third kappa shape index (κ3) is 5.76. The van der Waals surface area contributed by atoms with Crippen LogP contribution in [0.15, 0.2) is 67.0 Å². The number of hydroxylamine groups is 1. The third-order valence-corrected chi connectivity index (χ3v) is 5.85. The van der Waals surface area contributed by atoms with Crippen molar-refractivity contribution in [2.75, 3.05) is 6.54 Å². The second kappa shape index (κ2) is 10.9. The van der Waals surface area contributed by atoms with Crippen LogP contribution in [0.4, 0.5) is 0 Å². The standard InChI is InChI=1S/C25H29N5O2/c31-24(29-32)18-30(23-8-3-5-21-6-4-14-28-25(21)23)17-20-11-9-19(10-12-20)15-26-16-22-7-1-2-13-27-22/h1-2,4,6-7,9-14,23,26,32H,3,5,8,15-18H2,(H,29,31). The van der Waals surface area contributed by atoms with Crippen molar-refractivity contribution in [2.45, 2.75) is 44.9 Å². The van der Waals surface area contributed by atoms with Gasteiger partial charge in [0.1, 0.15) is 0 Å². The summed E-state index contributed by atoms with van der Waals surface area (Å²) in [5.74, 6) is -0.414. The second-order valence-corrected chi connectivity index (χ2v) is 8.14. The van der Waals surface area contributed by atoms with Crippen LogP contribution in [0.2, 0.25) is 0 Å². The van der Waals surface area contributed by atoms with Crippen molar-refractivity contribution in [3.63, 3.8) is 0 Å². The molecule has 166 valence electrons. The van der Waals surface area contributed by atoms with E-state index in [-0.39, 0.29) is 12.6 Å². The molecule has 2 aromatic heterocycles. The first-order chi connectivity index (χ1) is 15.7. The summed E-state index contributed by atoms with van der Waals surface area (Å²) in [6, 6.07) is 18.5. The molecule has 3 aromatic rings. The number of carbonyl (C=O) groups excluding carboxylic acids is 1. The van der Waals surface area contributed by atoms with E-state index in [4.69, 9.17) is 5.21 Å². The molecule has 0 fully saturated rings. The predicted molar refractivity (Wildman–Crippen MR) is 121 cm³/mol. The number of benzene rings is 1. The van der Waals surface area contributed by atoms with Gasteiger partial charge in [-0.25, -0.2) is 5.48 Å². The van der Waals surface area contributed by atoms with E-state index in [1.54, 1.807) is 11.7 Å². The molecule has 1 aromatic carbocycles. The Balaban J connectivity index is 1.41. The molecule has 32 heavy (non-hydrogen) atoms. The Morgan fingerprint density at radius 1 is 1.00 bits per heavy atom. The average molecular weight is 432 g/mol. The van der Waals surface area contributed by atoms with Gasteiger partial charge in [0, 0.05) is 32.0 Å². The van der Waals surface area contributed by atoms with E-state index in [1.807, 2.05) is 30.5 Å². The Hall–Kier alpha value is -3.13. The smallest absolute Gasteiger partial charge is 0.257 e. The number of nitrogens with zero attached hydrogens (tertiary/aromatic N) is 3. The van der Waals surface area contributed by atoms with Gasteiger partial charge in [-0.2, -0.15) is 0 Å². The zero-order valence-electron chi connectivity index (χ0n) is 18.1. The average Bonchev–Trinajstić information content (AvgIpc) is 2.85. The number of hydrogen-bond acceptors (Lipinski definition) is 6. The summed E-state index contributed by atoms with van der Waals surface area (Å²) in [7, 11) is 0. The lowest BCUT2D eigenvalue weighted by atomic mass is 9.90.